The van der Waals surface area contributed by atoms with E-state index in [-0.39, 0.29) is 5.41 Å². The lowest BCUT2D eigenvalue weighted by molar-refractivity contribution is 0.313. The second-order valence-corrected chi connectivity index (χ2v) is 7.35. The molecule has 4 nitrogen and oxygen atoms in total. The summed E-state index contributed by atoms with van der Waals surface area (Å²) in [6, 6.07) is 22.3. The van der Waals surface area contributed by atoms with Gasteiger partial charge in [-0.3, -0.25) is 0 Å². The molecule has 6 N–H and O–H groups in total. The van der Waals surface area contributed by atoms with Crippen LogP contribution in [0, 0.1) is 0 Å². The quantitative estimate of drug-likeness (QED) is 0.430. The van der Waals surface area contributed by atoms with Gasteiger partial charge in [-0.05, 0) is 48.2 Å². The van der Waals surface area contributed by atoms with Crippen molar-refractivity contribution in [1.82, 2.24) is 0 Å². The third kappa shape index (κ3) is 1.91. The smallest absolute Gasteiger partial charge is 0.132 e. The third-order valence-corrected chi connectivity index (χ3v) is 5.83. The fraction of sp³-hybridized carbons (Fsp3) is 0.182. The average molecular weight is 343 g/mol. The van der Waals surface area contributed by atoms with E-state index in [4.69, 9.17) is 21.9 Å². The largest absolute Gasteiger partial charge is 0.457 e. The maximum atomic E-state index is 6.47. The van der Waals surface area contributed by atoms with Crippen LogP contribution < -0.4 is 21.9 Å². The van der Waals surface area contributed by atoms with Gasteiger partial charge in [0, 0.05) is 16.8 Å². The molecule has 0 bridgehead atoms. The van der Waals surface area contributed by atoms with Gasteiger partial charge in [0.15, 0.2) is 0 Å². The Kier molecular flexibility index (Phi) is 3.03. The Balaban J connectivity index is 1.91. The van der Waals surface area contributed by atoms with Gasteiger partial charge >= 0.3 is 0 Å². The number of para-hydroxylation sites is 1. The lowest BCUT2D eigenvalue weighted by atomic mass is 9.59. The highest BCUT2D eigenvalue weighted by Crippen LogP contribution is 2.58. The maximum Gasteiger partial charge on any atom is 0.132 e. The lowest BCUT2D eigenvalue weighted by Gasteiger charge is -2.48. The summed E-state index contributed by atoms with van der Waals surface area (Å²) in [6.07, 6.45) is 1.47. The minimum atomic E-state index is -0.838. The van der Waals surface area contributed by atoms with E-state index in [0.717, 1.165) is 45.9 Å². The van der Waals surface area contributed by atoms with Crippen LogP contribution in [-0.4, -0.2) is 0 Å². The van der Waals surface area contributed by atoms with Crippen LogP contribution in [0.5, 0.6) is 11.5 Å². The molecule has 3 aromatic carbocycles. The third-order valence-electron chi connectivity index (χ3n) is 5.83. The first-order valence-electron chi connectivity index (χ1n) is 8.87. The molecule has 5 rings (SSSR count). The number of hydrogen-bond acceptors (Lipinski definition) is 4. The first-order chi connectivity index (χ1) is 12.5. The molecule has 0 saturated carbocycles. The summed E-state index contributed by atoms with van der Waals surface area (Å²) >= 11 is 0. The SMILES string of the molecule is Nc1ccc2c(c1)C1(CCC(N)(N)c3ccccc31)c1ccccc1O2. The average Bonchev–Trinajstić information content (AvgIpc) is 2.65. The monoisotopic (exact) mass is 343 g/mol. The minimum Gasteiger partial charge on any atom is -0.457 e. The fourth-order valence-corrected chi connectivity index (χ4v) is 4.63. The molecule has 1 spiro atoms. The molecule has 26 heavy (non-hydrogen) atoms. The Morgan fingerprint density at radius 1 is 0.692 bits per heavy atom. The van der Waals surface area contributed by atoms with E-state index in [0.29, 0.717) is 6.42 Å². The Bertz CT molecular complexity index is 1030. The molecule has 0 radical (unpaired) electrons. The van der Waals surface area contributed by atoms with Gasteiger partial charge in [-0.15, -0.1) is 0 Å². The molecular formula is C22H21N3O. The van der Waals surface area contributed by atoms with E-state index >= 15 is 0 Å². The van der Waals surface area contributed by atoms with Crippen molar-refractivity contribution in [3.8, 4) is 11.5 Å². The van der Waals surface area contributed by atoms with Crippen LogP contribution in [0.15, 0.2) is 66.7 Å². The van der Waals surface area contributed by atoms with Crippen LogP contribution in [0.3, 0.4) is 0 Å². The Morgan fingerprint density at radius 3 is 2.15 bits per heavy atom. The molecular weight excluding hydrogens is 322 g/mol. The van der Waals surface area contributed by atoms with Gasteiger partial charge in [0.1, 0.15) is 11.5 Å². The summed E-state index contributed by atoms with van der Waals surface area (Å²) in [6.45, 7) is 0. The molecule has 1 unspecified atom stereocenters. The van der Waals surface area contributed by atoms with Gasteiger partial charge in [-0.25, -0.2) is 0 Å². The number of rotatable bonds is 0. The van der Waals surface area contributed by atoms with Gasteiger partial charge in [-0.2, -0.15) is 0 Å². The van der Waals surface area contributed by atoms with Crippen LogP contribution >= 0.6 is 0 Å². The summed E-state index contributed by atoms with van der Waals surface area (Å²) in [7, 11) is 0. The number of nitrogens with two attached hydrogens (primary N) is 3. The van der Waals surface area contributed by atoms with E-state index in [1.54, 1.807) is 0 Å². The molecule has 1 atom stereocenters. The normalized spacial score (nSPS) is 22.1. The highest BCUT2D eigenvalue weighted by Gasteiger charge is 2.50. The summed E-state index contributed by atoms with van der Waals surface area (Å²) in [5.41, 5.74) is 23.0. The first kappa shape index (κ1) is 15.4. The maximum absolute atomic E-state index is 6.47. The van der Waals surface area contributed by atoms with Gasteiger partial charge < -0.3 is 21.9 Å². The van der Waals surface area contributed by atoms with Crippen LogP contribution in [0.4, 0.5) is 5.69 Å². The molecule has 0 fully saturated rings. The van der Waals surface area contributed by atoms with Gasteiger partial charge in [-0.1, -0.05) is 42.5 Å². The van der Waals surface area contributed by atoms with Gasteiger partial charge in [0.25, 0.3) is 0 Å². The molecule has 2 aliphatic rings. The molecule has 130 valence electrons. The van der Waals surface area contributed by atoms with Crippen LogP contribution in [0.1, 0.15) is 35.1 Å². The van der Waals surface area contributed by atoms with Crippen molar-refractivity contribution in [2.45, 2.75) is 23.9 Å². The van der Waals surface area contributed by atoms with E-state index in [1.807, 2.05) is 48.5 Å². The second-order valence-electron chi connectivity index (χ2n) is 7.35. The summed E-state index contributed by atoms with van der Waals surface area (Å²) in [5, 5.41) is 0. The summed E-state index contributed by atoms with van der Waals surface area (Å²) in [4.78, 5) is 0. The molecule has 1 aliphatic carbocycles. The predicted molar refractivity (Wildman–Crippen MR) is 103 cm³/mol. The van der Waals surface area contributed by atoms with E-state index < -0.39 is 5.66 Å². The second kappa shape index (κ2) is 5.10. The van der Waals surface area contributed by atoms with Crippen LogP contribution in [0.25, 0.3) is 0 Å². The molecule has 1 heterocycles. The predicted octanol–water partition coefficient (Wildman–Crippen LogP) is 3.57. The number of nitrogen functional groups attached to an aromatic ring is 1. The van der Waals surface area contributed by atoms with Crippen LogP contribution in [-0.2, 0) is 11.1 Å². The first-order valence-corrected chi connectivity index (χ1v) is 8.87. The molecule has 1 aliphatic heterocycles. The molecule has 0 aromatic heterocycles. The summed E-state index contributed by atoms with van der Waals surface area (Å²) < 4.78 is 6.21. The van der Waals surface area contributed by atoms with Crippen molar-refractivity contribution < 1.29 is 4.74 Å². The minimum absolute atomic E-state index is 0.363. The van der Waals surface area contributed by atoms with Gasteiger partial charge in [0.05, 0.1) is 11.1 Å². The van der Waals surface area contributed by atoms with Crippen molar-refractivity contribution >= 4 is 5.69 Å². The zero-order valence-corrected chi connectivity index (χ0v) is 14.4. The van der Waals surface area contributed by atoms with E-state index in [1.165, 1.54) is 0 Å². The lowest BCUT2D eigenvalue weighted by Crippen LogP contribution is -2.53. The van der Waals surface area contributed by atoms with Crippen molar-refractivity contribution in [1.29, 1.82) is 0 Å². The fourth-order valence-electron chi connectivity index (χ4n) is 4.63. The van der Waals surface area contributed by atoms with Crippen molar-refractivity contribution in [3.05, 3.63) is 89.0 Å². The van der Waals surface area contributed by atoms with Crippen molar-refractivity contribution in [3.63, 3.8) is 0 Å². The van der Waals surface area contributed by atoms with Crippen molar-refractivity contribution in [2.75, 3.05) is 5.73 Å². The number of anilines is 1. The highest BCUT2D eigenvalue weighted by atomic mass is 16.5. The van der Waals surface area contributed by atoms with Crippen LogP contribution in [0.2, 0.25) is 0 Å². The van der Waals surface area contributed by atoms with E-state index in [9.17, 15) is 0 Å². The zero-order valence-electron chi connectivity index (χ0n) is 14.4. The molecule has 3 aromatic rings. The molecule has 4 heteroatoms. The number of benzene rings is 3. The molecule has 0 amide bonds. The number of ether oxygens (including phenoxy) is 1. The Hall–Kier alpha value is -2.82. The highest BCUT2D eigenvalue weighted by molar-refractivity contribution is 5.68. The van der Waals surface area contributed by atoms with E-state index in [2.05, 4.69) is 18.2 Å². The number of hydrogen-bond donors (Lipinski definition) is 3. The summed E-state index contributed by atoms with van der Waals surface area (Å²) in [5.74, 6) is 1.72. The zero-order chi connectivity index (χ0) is 17.9. The topological polar surface area (TPSA) is 87.3 Å². The standard InChI is InChI=1S/C22H21N3O/c23-14-9-10-20-18(13-14)21(17-7-3-4-8-19(17)26-20)11-12-22(24,25)16-6-2-1-5-15(16)21/h1-10,13H,11-12,23-25H2. The Labute approximate surface area is 152 Å². The number of fused-ring (bicyclic) bond motifs is 6. The van der Waals surface area contributed by atoms with Crippen molar-refractivity contribution in [2.24, 2.45) is 11.5 Å². The van der Waals surface area contributed by atoms with Gasteiger partial charge in [0.2, 0.25) is 0 Å². The Morgan fingerprint density at radius 2 is 1.35 bits per heavy atom. The molecule has 0 saturated heterocycles.